The number of nitrogens with one attached hydrogen (secondary N) is 1. The van der Waals surface area contributed by atoms with E-state index in [1.807, 2.05) is 7.05 Å². The summed E-state index contributed by atoms with van der Waals surface area (Å²) in [6, 6.07) is 0.276. The highest BCUT2D eigenvalue weighted by atomic mass is 14.9. The van der Waals surface area contributed by atoms with Crippen molar-refractivity contribution >= 4 is 0 Å². The Labute approximate surface area is 56.8 Å². The van der Waals surface area contributed by atoms with Crippen LogP contribution in [0.2, 0.25) is 0 Å². The highest BCUT2D eigenvalue weighted by molar-refractivity contribution is 4.62. The molecule has 0 aromatic carbocycles. The molecule has 0 heterocycles. The van der Waals surface area contributed by atoms with Gasteiger partial charge in [-0.05, 0) is 26.4 Å². The van der Waals surface area contributed by atoms with E-state index in [-0.39, 0.29) is 6.04 Å². The third-order valence-electron chi connectivity index (χ3n) is 1.25. The summed E-state index contributed by atoms with van der Waals surface area (Å²) >= 11 is 0. The van der Waals surface area contributed by atoms with Crippen molar-refractivity contribution in [2.75, 3.05) is 20.1 Å². The van der Waals surface area contributed by atoms with Crippen molar-refractivity contribution in [3.8, 4) is 0 Å². The zero-order valence-electron chi connectivity index (χ0n) is 6.06. The molecule has 0 amide bonds. The van der Waals surface area contributed by atoms with Gasteiger partial charge in [0.15, 0.2) is 0 Å². The van der Waals surface area contributed by atoms with Crippen molar-refractivity contribution in [2.24, 2.45) is 11.5 Å². The largest absolute Gasteiger partial charge is 0.330 e. The molecule has 0 fully saturated rings. The van der Waals surface area contributed by atoms with Gasteiger partial charge >= 0.3 is 0 Å². The van der Waals surface area contributed by atoms with Crippen molar-refractivity contribution in [2.45, 2.75) is 18.9 Å². The predicted octanol–water partition coefficient (Wildman–Crippen LogP) is -0.728. The van der Waals surface area contributed by atoms with Crippen molar-refractivity contribution in [1.82, 2.24) is 5.32 Å². The molecule has 1 atom stereocenters. The van der Waals surface area contributed by atoms with Crippen molar-refractivity contribution < 1.29 is 0 Å². The fourth-order valence-corrected chi connectivity index (χ4v) is 0.744. The van der Waals surface area contributed by atoms with E-state index in [2.05, 4.69) is 5.32 Å². The van der Waals surface area contributed by atoms with E-state index >= 15 is 0 Å². The lowest BCUT2D eigenvalue weighted by Gasteiger charge is -2.08. The minimum atomic E-state index is 0.276. The quantitative estimate of drug-likeness (QED) is 0.461. The van der Waals surface area contributed by atoms with Gasteiger partial charge in [0.05, 0.1) is 0 Å². The number of hydrogen-bond acceptors (Lipinski definition) is 3. The molecule has 3 heteroatoms. The molecule has 56 valence electrons. The van der Waals surface area contributed by atoms with E-state index < -0.39 is 0 Å². The summed E-state index contributed by atoms with van der Waals surface area (Å²) in [5.41, 5.74) is 10.9. The molecular weight excluding hydrogens is 114 g/mol. The molecule has 3 nitrogen and oxygen atoms in total. The molecule has 0 aliphatic heterocycles. The first-order valence-corrected chi connectivity index (χ1v) is 3.41. The van der Waals surface area contributed by atoms with Gasteiger partial charge in [-0.3, -0.25) is 0 Å². The third-order valence-corrected chi connectivity index (χ3v) is 1.25. The zero-order valence-corrected chi connectivity index (χ0v) is 6.06. The Morgan fingerprint density at radius 1 is 1.56 bits per heavy atom. The summed E-state index contributed by atoms with van der Waals surface area (Å²) in [6.45, 7) is 1.64. The van der Waals surface area contributed by atoms with E-state index in [9.17, 15) is 0 Å². The van der Waals surface area contributed by atoms with Gasteiger partial charge in [-0.2, -0.15) is 0 Å². The van der Waals surface area contributed by atoms with Crippen LogP contribution in [0.15, 0.2) is 0 Å². The highest BCUT2D eigenvalue weighted by Crippen LogP contribution is 1.89. The molecule has 0 saturated carbocycles. The van der Waals surface area contributed by atoms with Gasteiger partial charge in [0, 0.05) is 12.6 Å². The number of nitrogens with two attached hydrogens (primary N) is 2. The topological polar surface area (TPSA) is 64.1 Å². The molecule has 0 aliphatic rings. The third kappa shape index (κ3) is 5.76. The standard InChI is InChI=1S/C6H17N3/c1-9-5-6(8)3-2-4-7/h6,9H,2-5,7-8H2,1H3. The maximum atomic E-state index is 5.65. The fraction of sp³-hybridized carbons (Fsp3) is 1.00. The van der Waals surface area contributed by atoms with Crippen LogP contribution in [-0.2, 0) is 0 Å². The second kappa shape index (κ2) is 6.01. The van der Waals surface area contributed by atoms with E-state index in [0.29, 0.717) is 0 Å². The van der Waals surface area contributed by atoms with E-state index in [1.165, 1.54) is 0 Å². The monoisotopic (exact) mass is 131 g/mol. The minimum absolute atomic E-state index is 0.276. The maximum Gasteiger partial charge on any atom is 0.0165 e. The summed E-state index contributed by atoms with van der Waals surface area (Å²) < 4.78 is 0. The minimum Gasteiger partial charge on any atom is -0.330 e. The number of hydrogen-bond donors (Lipinski definition) is 3. The zero-order chi connectivity index (χ0) is 7.11. The van der Waals surface area contributed by atoms with Gasteiger partial charge in [0.1, 0.15) is 0 Å². The van der Waals surface area contributed by atoms with Crippen LogP contribution in [0.25, 0.3) is 0 Å². The Hall–Kier alpha value is -0.120. The lowest BCUT2D eigenvalue weighted by molar-refractivity contribution is 0.558. The van der Waals surface area contributed by atoms with Crippen molar-refractivity contribution in [3.05, 3.63) is 0 Å². The smallest absolute Gasteiger partial charge is 0.0165 e. The average molecular weight is 131 g/mol. The van der Waals surface area contributed by atoms with Crippen molar-refractivity contribution in [1.29, 1.82) is 0 Å². The van der Waals surface area contributed by atoms with Gasteiger partial charge in [0.25, 0.3) is 0 Å². The molecular formula is C6H17N3. The summed E-state index contributed by atoms with van der Waals surface area (Å²) in [7, 11) is 1.91. The molecule has 9 heavy (non-hydrogen) atoms. The van der Waals surface area contributed by atoms with Crippen LogP contribution >= 0.6 is 0 Å². The summed E-state index contributed by atoms with van der Waals surface area (Å²) in [6.07, 6.45) is 2.06. The van der Waals surface area contributed by atoms with Crippen LogP contribution in [0, 0.1) is 0 Å². The van der Waals surface area contributed by atoms with Gasteiger partial charge in [-0.15, -0.1) is 0 Å². The Balaban J connectivity index is 2.95. The molecule has 1 unspecified atom stereocenters. The first-order chi connectivity index (χ1) is 4.31. The Bertz CT molecular complexity index is 56.3. The van der Waals surface area contributed by atoms with Crippen LogP contribution in [-0.4, -0.2) is 26.2 Å². The van der Waals surface area contributed by atoms with Crippen LogP contribution < -0.4 is 16.8 Å². The normalized spacial score (nSPS) is 13.7. The lowest BCUT2D eigenvalue weighted by atomic mass is 10.2. The van der Waals surface area contributed by atoms with Crippen LogP contribution in [0.1, 0.15) is 12.8 Å². The average Bonchev–Trinajstić information content (AvgIpc) is 1.85. The molecule has 0 aliphatic carbocycles. The molecule has 0 spiro atoms. The second-order valence-corrected chi connectivity index (χ2v) is 2.25. The van der Waals surface area contributed by atoms with Crippen LogP contribution in [0.5, 0.6) is 0 Å². The first kappa shape index (κ1) is 8.88. The highest BCUT2D eigenvalue weighted by Gasteiger charge is 1.97. The number of rotatable bonds is 5. The molecule has 5 N–H and O–H groups in total. The van der Waals surface area contributed by atoms with Gasteiger partial charge < -0.3 is 16.8 Å². The molecule has 0 aromatic heterocycles. The molecule has 0 bridgehead atoms. The summed E-state index contributed by atoms with van der Waals surface area (Å²) in [4.78, 5) is 0. The SMILES string of the molecule is CNCC(N)CCCN. The summed E-state index contributed by atoms with van der Waals surface area (Å²) in [5, 5.41) is 3.01. The molecule has 0 aromatic rings. The van der Waals surface area contributed by atoms with E-state index in [0.717, 1.165) is 25.9 Å². The van der Waals surface area contributed by atoms with Crippen LogP contribution in [0.3, 0.4) is 0 Å². The maximum absolute atomic E-state index is 5.65. The predicted molar refractivity (Wildman–Crippen MR) is 40.2 cm³/mol. The number of likely N-dealkylation sites (N-methyl/N-ethyl adjacent to an activating group) is 1. The first-order valence-electron chi connectivity index (χ1n) is 3.41. The Morgan fingerprint density at radius 2 is 2.22 bits per heavy atom. The van der Waals surface area contributed by atoms with Crippen LogP contribution in [0.4, 0.5) is 0 Å². The molecule has 0 radical (unpaired) electrons. The van der Waals surface area contributed by atoms with Gasteiger partial charge in [-0.1, -0.05) is 0 Å². The fourth-order valence-electron chi connectivity index (χ4n) is 0.744. The molecule has 0 rings (SSSR count). The Morgan fingerprint density at radius 3 is 2.67 bits per heavy atom. The van der Waals surface area contributed by atoms with E-state index in [4.69, 9.17) is 11.5 Å². The second-order valence-electron chi connectivity index (χ2n) is 2.25. The lowest BCUT2D eigenvalue weighted by Crippen LogP contribution is -2.32. The Kier molecular flexibility index (Phi) is 5.93. The van der Waals surface area contributed by atoms with Crippen molar-refractivity contribution in [3.63, 3.8) is 0 Å². The van der Waals surface area contributed by atoms with Gasteiger partial charge in [-0.25, -0.2) is 0 Å². The van der Waals surface area contributed by atoms with E-state index in [1.54, 1.807) is 0 Å². The summed E-state index contributed by atoms with van der Waals surface area (Å²) in [5.74, 6) is 0. The molecule has 0 saturated heterocycles. The van der Waals surface area contributed by atoms with Gasteiger partial charge in [0.2, 0.25) is 0 Å².